The van der Waals surface area contributed by atoms with Crippen LogP contribution in [0.2, 0.25) is 5.02 Å². The highest BCUT2D eigenvalue weighted by molar-refractivity contribution is 6.30. The number of nitrogens with one attached hydrogen (secondary N) is 1. The molecule has 1 N–H and O–H groups in total. The molecule has 2 heterocycles. The van der Waals surface area contributed by atoms with Crippen molar-refractivity contribution in [3.8, 4) is 5.69 Å². The van der Waals surface area contributed by atoms with Crippen LogP contribution in [0.5, 0.6) is 0 Å². The van der Waals surface area contributed by atoms with E-state index in [0.717, 1.165) is 37.1 Å². The third kappa shape index (κ3) is 4.93. The molecule has 2 amide bonds. The smallest absolute Gasteiger partial charge is 0.225 e. The summed E-state index contributed by atoms with van der Waals surface area (Å²) in [5.74, 6) is 0.0266. The van der Waals surface area contributed by atoms with Crippen LogP contribution in [0.3, 0.4) is 0 Å². The summed E-state index contributed by atoms with van der Waals surface area (Å²) in [6.07, 6.45) is 6.15. The number of aromatic nitrogens is 2. The molecule has 1 aliphatic rings. The van der Waals surface area contributed by atoms with Crippen molar-refractivity contribution in [2.24, 2.45) is 11.8 Å². The molecular formula is C21H27ClN4O2. The van der Waals surface area contributed by atoms with Crippen molar-refractivity contribution in [3.05, 3.63) is 47.2 Å². The van der Waals surface area contributed by atoms with Gasteiger partial charge in [-0.3, -0.25) is 9.59 Å². The van der Waals surface area contributed by atoms with Gasteiger partial charge in [-0.15, -0.1) is 0 Å². The van der Waals surface area contributed by atoms with Gasteiger partial charge in [-0.05, 0) is 43.5 Å². The van der Waals surface area contributed by atoms with Crippen molar-refractivity contribution in [3.63, 3.8) is 0 Å². The largest absolute Gasteiger partial charge is 0.352 e. The standard InChI is InChI=1S/C21H27ClN4O2/c1-3-15(2)21(28)25-10-4-5-17(14-25)20(27)23-11-16-12-24-26(13-16)19-8-6-18(22)7-9-19/h6-9,12-13,15,17H,3-5,10-11,14H2,1-2H3,(H,23,27). The second-order valence-electron chi connectivity index (χ2n) is 7.42. The Hall–Kier alpha value is -2.34. The number of benzene rings is 1. The summed E-state index contributed by atoms with van der Waals surface area (Å²) in [7, 11) is 0. The second-order valence-corrected chi connectivity index (χ2v) is 7.86. The second kappa shape index (κ2) is 9.24. The highest BCUT2D eigenvalue weighted by atomic mass is 35.5. The summed E-state index contributed by atoms with van der Waals surface area (Å²) < 4.78 is 1.75. The number of nitrogens with zero attached hydrogens (tertiary/aromatic N) is 3. The Bertz CT molecular complexity index is 818. The minimum atomic E-state index is -0.145. The molecule has 0 bridgehead atoms. The minimum absolute atomic E-state index is 0.000828. The first-order chi connectivity index (χ1) is 13.5. The molecule has 150 valence electrons. The van der Waals surface area contributed by atoms with Crippen molar-refractivity contribution < 1.29 is 9.59 Å². The zero-order valence-electron chi connectivity index (χ0n) is 16.4. The molecule has 0 radical (unpaired) electrons. The van der Waals surface area contributed by atoms with Crippen LogP contribution in [0.15, 0.2) is 36.7 Å². The highest BCUT2D eigenvalue weighted by Gasteiger charge is 2.29. The molecule has 1 fully saturated rings. The van der Waals surface area contributed by atoms with E-state index in [1.165, 1.54) is 0 Å². The first kappa shape index (κ1) is 20.4. The maximum Gasteiger partial charge on any atom is 0.225 e. The van der Waals surface area contributed by atoms with Gasteiger partial charge in [0.15, 0.2) is 0 Å². The molecule has 7 heteroatoms. The van der Waals surface area contributed by atoms with E-state index < -0.39 is 0 Å². The molecule has 1 saturated heterocycles. The molecule has 1 aromatic heterocycles. The van der Waals surface area contributed by atoms with Crippen LogP contribution >= 0.6 is 11.6 Å². The summed E-state index contributed by atoms with van der Waals surface area (Å²) in [4.78, 5) is 26.9. The van der Waals surface area contributed by atoms with E-state index in [9.17, 15) is 9.59 Å². The van der Waals surface area contributed by atoms with Gasteiger partial charge in [-0.1, -0.05) is 25.4 Å². The molecule has 0 saturated carbocycles. The van der Waals surface area contributed by atoms with Gasteiger partial charge in [0.05, 0.1) is 17.8 Å². The van der Waals surface area contributed by atoms with Crippen molar-refractivity contribution >= 4 is 23.4 Å². The third-order valence-corrected chi connectivity index (χ3v) is 5.58. The zero-order chi connectivity index (χ0) is 20.1. The Labute approximate surface area is 170 Å². The molecular weight excluding hydrogens is 376 g/mol. The van der Waals surface area contributed by atoms with Gasteiger partial charge in [0.25, 0.3) is 0 Å². The number of carbonyl (C=O) groups excluding carboxylic acids is 2. The summed E-state index contributed by atoms with van der Waals surface area (Å²) in [6, 6.07) is 7.41. The van der Waals surface area contributed by atoms with Crippen molar-refractivity contribution in [2.45, 2.75) is 39.7 Å². The topological polar surface area (TPSA) is 67.2 Å². The molecule has 1 aromatic carbocycles. The van der Waals surface area contributed by atoms with Crippen molar-refractivity contribution in [1.82, 2.24) is 20.0 Å². The van der Waals surface area contributed by atoms with Gasteiger partial charge in [0, 0.05) is 42.3 Å². The fraction of sp³-hybridized carbons (Fsp3) is 0.476. The van der Waals surface area contributed by atoms with E-state index in [4.69, 9.17) is 11.6 Å². The predicted octanol–water partition coefficient (Wildman–Crippen LogP) is 3.43. The summed E-state index contributed by atoms with van der Waals surface area (Å²) in [5, 5.41) is 8.01. The minimum Gasteiger partial charge on any atom is -0.352 e. The Morgan fingerprint density at radius 1 is 1.32 bits per heavy atom. The van der Waals surface area contributed by atoms with E-state index >= 15 is 0 Å². The summed E-state index contributed by atoms with van der Waals surface area (Å²) >= 11 is 5.92. The number of hydrogen-bond donors (Lipinski definition) is 1. The fourth-order valence-electron chi connectivity index (χ4n) is 3.40. The van der Waals surface area contributed by atoms with E-state index in [1.54, 1.807) is 10.9 Å². The number of rotatable bonds is 6. The highest BCUT2D eigenvalue weighted by Crippen LogP contribution is 2.20. The predicted molar refractivity (Wildman–Crippen MR) is 109 cm³/mol. The first-order valence-corrected chi connectivity index (χ1v) is 10.2. The number of piperidine rings is 1. The SMILES string of the molecule is CCC(C)C(=O)N1CCCC(C(=O)NCc2cnn(-c3ccc(Cl)cc3)c2)C1. The lowest BCUT2D eigenvalue weighted by molar-refractivity contribution is -0.139. The summed E-state index contributed by atoms with van der Waals surface area (Å²) in [5.41, 5.74) is 1.83. The van der Waals surface area contributed by atoms with Gasteiger partial charge in [-0.2, -0.15) is 5.10 Å². The summed E-state index contributed by atoms with van der Waals surface area (Å²) in [6.45, 7) is 5.65. The molecule has 2 unspecified atom stereocenters. The van der Waals surface area contributed by atoms with Gasteiger partial charge < -0.3 is 10.2 Å². The van der Waals surface area contributed by atoms with Crippen LogP contribution in [0.4, 0.5) is 0 Å². The third-order valence-electron chi connectivity index (χ3n) is 5.33. The monoisotopic (exact) mass is 402 g/mol. The van der Waals surface area contributed by atoms with E-state index in [-0.39, 0.29) is 23.7 Å². The normalized spacial score (nSPS) is 18.0. The molecule has 2 aromatic rings. The first-order valence-electron chi connectivity index (χ1n) is 9.84. The number of halogens is 1. The lowest BCUT2D eigenvalue weighted by atomic mass is 9.95. The lowest BCUT2D eigenvalue weighted by Crippen LogP contribution is -2.46. The maximum absolute atomic E-state index is 12.6. The van der Waals surface area contributed by atoms with Gasteiger partial charge in [-0.25, -0.2) is 4.68 Å². The van der Waals surface area contributed by atoms with Gasteiger partial charge in [0.1, 0.15) is 0 Å². The Morgan fingerprint density at radius 2 is 2.07 bits per heavy atom. The Morgan fingerprint density at radius 3 is 2.79 bits per heavy atom. The lowest BCUT2D eigenvalue weighted by Gasteiger charge is -2.33. The molecule has 6 nitrogen and oxygen atoms in total. The van der Waals surface area contributed by atoms with Crippen LogP contribution in [-0.2, 0) is 16.1 Å². The van der Waals surface area contributed by atoms with E-state index in [0.29, 0.717) is 18.1 Å². The maximum atomic E-state index is 12.6. The van der Waals surface area contributed by atoms with Crippen LogP contribution < -0.4 is 5.32 Å². The van der Waals surface area contributed by atoms with Crippen LogP contribution in [0.25, 0.3) is 5.69 Å². The Kier molecular flexibility index (Phi) is 6.73. The average Bonchev–Trinajstić information content (AvgIpc) is 3.20. The number of likely N-dealkylation sites (tertiary alicyclic amines) is 1. The molecule has 2 atom stereocenters. The van der Waals surface area contributed by atoms with Crippen LogP contribution in [0, 0.1) is 11.8 Å². The quantitative estimate of drug-likeness (QED) is 0.804. The fourth-order valence-corrected chi connectivity index (χ4v) is 3.52. The average molecular weight is 403 g/mol. The van der Waals surface area contributed by atoms with Crippen LogP contribution in [-0.4, -0.2) is 39.6 Å². The zero-order valence-corrected chi connectivity index (χ0v) is 17.2. The molecule has 1 aliphatic heterocycles. The van der Waals surface area contributed by atoms with Crippen molar-refractivity contribution in [1.29, 1.82) is 0 Å². The number of carbonyl (C=O) groups is 2. The van der Waals surface area contributed by atoms with E-state index in [1.807, 2.05) is 49.2 Å². The van der Waals surface area contributed by atoms with Gasteiger partial charge in [0.2, 0.25) is 11.8 Å². The van der Waals surface area contributed by atoms with Gasteiger partial charge >= 0.3 is 0 Å². The molecule has 0 aliphatic carbocycles. The Balaban J connectivity index is 1.54. The van der Waals surface area contributed by atoms with Crippen molar-refractivity contribution in [2.75, 3.05) is 13.1 Å². The van der Waals surface area contributed by atoms with Crippen LogP contribution in [0.1, 0.15) is 38.7 Å². The molecule has 28 heavy (non-hydrogen) atoms. The van der Waals surface area contributed by atoms with E-state index in [2.05, 4.69) is 10.4 Å². The molecule has 3 rings (SSSR count). The molecule has 0 spiro atoms. The number of amides is 2. The number of hydrogen-bond acceptors (Lipinski definition) is 3.